The number of rotatable bonds is 3. The van der Waals surface area contributed by atoms with Gasteiger partial charge in [-0.05, 0) is 31.2 Å². The number of aryl methyl sites for hydroxylation is 1. The average molecular weight is 266 g/mol. The van der Waals surface area contributed by atoms with Crippen LogP contribution in [0.4, 0.5) is 8.78 Å². The summed E-state index contributed by atoms with van der Waals surface area (Å²) >= 11 is 0. The van der Waals surface area contributed by atoms with Crippen molar-refractivity contribution in [2.45, 2.75) is 6.92 Å². The van der Waals surface area contributed by atoms with E-state index in [-0.39, 0.29) is 12.3 Å². The second-order valence-electron chi connectivity index (χ2n) is 3.89. The van der Waals surface area contributed by atoms with Gasteiger partial charge < -0.3 is 4.74 Å². The van der Waals surface area contributed by atoms with Crippen LogP contribution in [0, 0.1) is 11.6 Å². The molecule has 0 unspecified atom stereocenters. The van der Waals surface area contributed by atoms with E-state index in [0.717, 1.165) is 12.1 Å². The molecule has 0 saturated heterocycles. The molecule has 0 spiro atoms. The van der Waals surface area contributed by atoms with Crippen molar-refractivity contribution in [3.63, 3.8) is 0 Å². The molecule has 100 valence electrons. The minimum atomic E-state index is -0.958. The number of carbonyl (C=O) groups excluding carboxylic acids is 1. The van der Waals surface area contributed by atoms with Crippen molar-refractivity contribution < 1.29 is 18.3 Å². The lowest BCUT2D eigenvalue weighted by Gasteiger charge is -1.99. The first-order chi connectivity index (χ1) is 9.02. The number of ether oxygens (including phenoxy) is 1. The zero-order valence-electron chi connectivity index (χ0n) is 10.5. The summed E-state index contributed by atoms with van der Waals surface area (Å²) in [5.41, 5.74) is 1.02. The van der Waals surface area contributed by atoms with Crippen LogP contribution < -0.4 is 0 Å². The van der Waals surface area contributed by atoms with Crippen molar-refractivity contribution in [2.75, 3.05) is 6.61 Å². The standard InChI is InChI=1S/C13H12F2N2O2/c1-3-19-13(18)12-7-11(16-17(12)2)8-4-5-9(14)10(15)6-8/h4-7H,3H2,1-2H3. The fourth-order valence-electron chi connectivity index (χ4n) is 1.66. The molecule has 4 nitrogen and oxygen atoms in total. The van der Waals surface area contributed by atoms with Gasteiger partial charge in [-0.15, -0.1) is 0 Å². The lowest BCUT2D eigenvalue weighted by atomic mass is 10.1. The molecule has 0 fully saturated rings. The molecule has 2 aromatic rings. The second-order valence-corrected chi connectivity index (χ2v) is 3.89. The lowest BCUT2D eigenvalue weighted by molar-refractivity contribution is 0.0513. The summed E-state index contributed by atoms with van der Waals surface area (Å²) in [7, 11) is 1.58. The highest BCUT2D eigenvalue weighted by Crippen LogP contribution is 2.21. The van der Waals surface area contributed by atoms with E-state index in [4.69, 9.17) is 4.74 Å². The van der Waals surface area contributed by atoms with E-state index in [1.165, 1.54) is 16.8 Å². The van der Waals surface area contributed by atoms with Gasteiger partial charge in [0.1, 0.15) is 5.69 Å². The zero-order valence-corrected chi connectivity index (χ0v) is 10.5. The minimum absolute atomic E-state index is 0.251. The number of esters is 1. The largest absolute Gasteiger partial charge is 0.461 e. The van der Waals surface area contributed by atoms with Crippen molar-refractivity contribution in [1.82, 2.24) is 9.78 Å². The third-order valence-electron chi connectivity index (χ3n) is 2.58. The molecule has 0 N–H and O–H groups in total. The lowest BCUT2D eigenvalue weighted by Crippen LogP contribution is -2.10. The fraction of sp³-hybridized carbons (Fsp3) is 0.231. The van der Waals surface area contributed by atoms with E-state index in [1.807, 2.05) is 0 Å². The molecule has 0 amide bonds. The van der Waals surface area contributed by atoms with Crippen LogP contribution in [-0.2, 0) is 11.8 Å². The van der Waals surface area contributed by atoms with Crippen LogP contribution in [0.1, 0.15) is 17.4 Å². The second kappa shape index (κ2) is 5.17. The molecule has 0 atom stereocenters. The number of hydrogen-bond acceptors (Lipinski definition) is 3. The van der Waals surface area contributed by atoms with Crippen molar-refractivity contribution in [1.29, 1.82) is 0 Å². The summed E-state index contributed by atoms with van der Waals surface area (Å²) in [6, 6.07) is 4.93. The molecule has 0 aliphatic carbocycles. The molecule has 0 aliphatic heterocycles. The van der Waals surface area contributed by atoms with E-state index in [9.17, 15) is 13.6 Å². The summed E-state index contributed by atoms with van der Waals surface area (Å²) < 4.78 is 32.2. The number of aromatic nitrogens is 2. The van der Waals surface area contributed by atoms with Gasteiger partial charge in [0.25, 0.3) is 0 Å². The number of benzene rings is 1. The van der Waals surface area contributed by atoms with Crippen LogP contribution in [0.2, 0.25) is 0 Å². The van der Waals surface area contributed by atoms with Crippen LogP contribution in [0.25, 0.3) is 11.3 Å². The molecule has 0 saturated carbocycles. The van der Waals surface area contributed by atoms with E-state index >= 15 is 0 Å². The molecule has 0 aliphatic rings. The first-order valence-corrected chi connectivity index (χ1v) is 5.69. The van der Waals surface area contributed by atoms with Crippen LogP contribution in [0.3, 0.4) is 0 Å². The topological polar surface area (TPSA) is 44.1 Å². The Morgan fingerprint density at radius 1 is 1.32 bits per heavy atom. The van der Waals surface area contributed by atoms with Crippen LogP contribution in [0.5, 0.6) is 0 Å². The van der Waals surface area contributed by atoms with Gasteiger partial charge in [-0.1, -0.05) is 0 Å². The first kappa shape index (κ1) is 13.2. The van der Waals surface area contributed by atoms with Gasteiger partial charge in [0, 0.05) is 12.6 Å². The summed E-state index contributed by atoms with van der Waals surface area (Å²) in [5.74, 6) is -2.39. The number of nitrogens with zero attached hydrogens (tertiary/aromatic N) is 2. The van der Waals surface area contributed by atoms with Gasteiger partial charge in [-0.3, -0.25) is 4.68 Å². The molecule has 6 heteroatoms. The third kappa shape index (κ3) is 2.62. The molecule has 2 rings (SSSR count). The number of carbonyl (C=O) groups is 1. The molecule has 19 heavy (non-hydrogen) atoms. The minimum Gasteiger partial charge on any atom is -0.461 e. The normalized spacial score (nSPS) is 10.5. The smallest absolute Gasteiger partial charge is 0.356 e. The summed E-state index contributed by atoms with van der Waals surface area (Å²) in [5, 5.41) is 4.08. The summed E-state index contributed by atoms with van der Waals surface area (Å²) in [6.45, 7) is 1.95. The maximum Gasteiger partial charge on any atom is 0.356 e. The molecular formula is C13H12F2N2O2. The Hall–Kier alpha value is -2.24. The summed E-state index contributed by atoms with van der Waals surface area (Å²) in [4.78, 5) is 11.6. The maximum atomic E-state index is 13.2. The van der Waals surface area contributed by atoms with Gasteiger partial charge in [0.2, 0.25) is 0 Å². The van der Waals surface area contributed by atoms with Gasteiger partial charge in [-0.25, -0.2) is 13.6 Å². The van der Waals surface area contributed by atoms with Crippen LogP contribution in [0.15, 0.2) is 24.3 Å². The molecule has 0 bridgehead atoms. The van der Waals surface area contributed by atoms with Crippen molar-refractivity contribution in [3.8, 4) is 11.3 Å². The summed E-state index contributed by atoms with van der Waals surface area (Å²) in [6.07, 6.45) is 0. The highest BCUT2D eigenvalue weighted by atomic mass is 19.2. The molecule has 1 heterocycles. The van der Waals surface area contributed by atoms with Crippen molar-refractivity contribution in [2.24, 2.45) is 7.05 Å². The Morgan fingerprint density at radius 3 is 2.68 bits per heavy atom. The first-order valence-electron chi connectivity index (χ1n) is 5.69. The van der Waals surface area contributed by atoms with E-state index in [0.29, 0.717) is 11.3 Å². The Morgan fingerprint density at radius 2 is 2.05 bits per heavy atom. The van der Waals surface area contributed by atoms with Gasteiger partial charge >= 0.3 is 5.97 Å². The SMILES string of the molecule is CCOC(=O)c1cc(-c2ccc(F)c(F)c2)nn1C. The average Bonchev–Trinajstić information content (AvgIpc) is 2.75. The number of hydrogen-bond donors (Lipinski definition) is 0. The molecule has 0 radical (unpaired) electrons. The Kier molecular flexibility index (Phi) is 3.59. The van der Waals surface area contributed by atoms with E-state index in [2.05, 4.69) is 5.10 Å². The van der Waals surface area contributed by atoms with Gasteiger partial charge in [0.05, 0.1) is 12.3 Å². The van der Waals surface area contributed by atoms with Crippen LogP contribution >= 0.6 is 0 Å². The monoisotopic (exact) mass is 266 g/mol. The van der Waals surface area contributed by atoms with Crippen LogP contribution in [-0.4, -0.2) is 22.4 Å². The molecular weight excluding hydrogens is 254 g/mol. The number of halogens is 2. The van der Waals surface area contributed by atoms with E-state index in [1.54, 1.807) is 14.0 Å². The quantitative estimate of drug-likeness (QED) is 0.802. The molecule has 1 aromatic carbocycles. The fourth-order valence-corrected chi connectivity index (χ4v) is 1.66. The third-order valence-corrected chi connectivity index (χ3v) is 2.58. The van der Waals surface area contributed by atoms with Crippen molar-refractivity contribution >= 4 is 5.97 Å². The highest BCUT2D eigenvalue weighted by Gasteiger charge is 2.16. The van der Waals surface area contributed by atoms with E-state index < -0.39 is 17.6 Å². The van der Waals surface area contributed by atoms with Gasteiger partial charge in [0.15, 0.2) is 11.6 Å². The maximum absolute atomic E-state index is 13.2. The van der Waals surface area contributed by atoms with Gasteiger partial charge in [-0.2, -0.15) is 5.10 Å². The Labute approximate surface area is 108 Å². The predicted octanol–water partition coefficient (Wildman–Crippen LogP) is 2.54. The zero-order chi connectivity index (χ0) is 14.0. The predicted molar refractivity (Wildman–Crippen MR) is 64.5 cm³/mol. The Bertz CT molecular complexity index is 623. The highest BCUT2D eigenvalue weighted by molar-refractivity contribution is 5.89. The Balaban J connectivity index is 2.38. The van der Waals surface area contributed by atoms with Crippen molar-refractivity contribution in [3.05, 3.63) is 41.6 Å². The molecule has 1 aromatic heterocycles.